The van der Waals surface area contributed by atoms with Crippen LogP contribution in [0.2, 0.25) is 0 Å². The van der Waals surface area contributed by atoms with Crippen molar-refractivity contribution in [3.8, 4) is 0 Å². The molecule has 0 aliphatic carbocycles. The van der Waals surface area contributed by atoms with Gasteiger partial charge in [0.2, 0.25) is 0 Å². The maximum Gasteiger partial charge on any atom is 0.319 e. The third kappa shape index (κ3) is 4.25. The normalized spacial score (nSPS) is 23.4. The summed E-state index contributed by atoms with van der Waals surface area (Å²) in [5.41, 5.74) is 0. The number of morpholine rings is 2. The average molecular weight is 294 g/mol. The molecule has 2 heterocycles. The Morgan fingerprint density at radius 1 is 1.00 bits per heavy atom. The minimum atomic E-state index is -1.45. The Labute approximate surface area is 117 Å². The molecule has 0 atom stereocenters. The van der Waals surface area contributed by atoms with Crippen LogP contribution in [0.15, 0.2) is 0 Å². The lowest BCUT2D eigenvalue weighted by molar-refractivity contribution is -0.543. The maximum atomic E-state index is 11.3. The first-order valence-electron chi connectivity index (χ1n) is 6.54. The molecule has 2 aliphatic heterocycles. The first kappa shape index (κ1) is 14.9. The van der Waals surface area contributed by atoms with Crippen LogP contribution in [0.5, 0.6) is 0 Å². The molecule has 0 aromatic heterocycles. The van der Waals surface area contributed by atoms with Gasteiger partial charge in [-0.25, -0.2) is 0 Å². The number of hydrogen-bond donors (Lipinski definition) is 0. The van der Waals surface area contributed by atoms with E-state index in [4.69, 9.17) is 21.1 Å². The van der Waals surface area contributed by atoms with Crippen LogP contribution in [-0.4, -0.2) is 85.4 Å². The molecule has 0 unspecified atom stereocenters. The van der Waals surface area contributed by atoms with E-state index in [-0.39, 0.29) is 18.0 Å². The zero-order chi connectivity index (χ0) is 13.7. The maximum absolute atomic E-state index is 11.3. The number of rotatable bonds is 5. The van der Waals surface area contributed by atoms with Gasteiger partial charge in [0.1, 0.15) is 0 Å². The van der Waals surface area contributed by atoms with Gasteiger partial charge in [0.25, 0.3) is 0 Å². The minimum Gasteiger partial charge on any atom is -0.379 e. The van der Waals surface area contributed by atoms with E-state index in [0.717, 1.165) is 0 Å². The Morgan fingerprint density at radius 3 is 1.68 bits per heavy atom. The zero-order valence-corrected chi connectivity index (χ0v) is 11.7. The number of nitro groups is 1. The van der Waals surface area contributed by atoms with Gasteiger partial charge in [-0.2, -0.15) is 0 Å². The Morgan fingerprint density at radius 2 is 1.37 bits per heavy atom. The van der Waals surface area contributed by atoms with Gasteiger partial charge in [-0.1, -0.05) is 0 Å². The van der Waals surface area contributed by atoms with Crippen molar-refractivity contribution >= 4 is 11.6 Å². The van der Waals surface area contributed by atoms with Gasteiger partial charge >= 0.3 is 5.00 Å². The molecule has 8 heteroatoms. The van der Waals surface area contributed by atoms with E-state index in [9.17, 15) is 10.1 Å². The van der Waals surface area contributed by atoms with Crippen LogP contribution in [0.3, 0.4) is 0 Å². The lowest BCUT2D eigenvalue weighted by Gasteiger charge is -2.34. The van der Waals surface area contributed by atoms with E-state index in [1.807, 2.05) is 9.80 Å². The quantitative estimate of drug-likeness (QED) is 0.304. The van der Waals surface area contributed by atoms with Crippen molar-refractivity contribution in [3.05, 3.63) is 10.1 Å². The first-order chi connectivity index (χ1) is 9.10. The summed E-state index contributed by atoms with van der Waals surface area (Å²) in [6.07, 6.45) is 0. The molecule has 110 valence electrons. The van der Waals surface area contributed by atoms with Crippen LogP contribution in [0, 0.1) is 10.1 Å². The van der Waals surface area contributed by atoms with Crippen LogP contribution < -0.4 is 0 Å². The Bertz CT molecular complexity index is 286. The topological polar surface area (TPSA) is 68.1 Å². The molecular formula is C11H20ClN3O4. The molecule has 2 rings (SSSR count). The highest BCUT2D eigenvalue weighted by atomic mass is 35.5. The molecule has 2 saturated heterocycles. The third-order valence-corrected chi connectivity index (χ3v) is 3.84. The minimum absolute atomic E-state index is 0.252. The zero-order valence-electron chi connectivity index (χ0n) is 10.9. The van der Waals surface area contributed by atoms with Gasteiger partial charge in [0.15, 0.2) is 0 Å². The summed E-state index contributed by atoms with van der Waals surface area (Å²) < 4.78 is 10.5. The van der Waals surface area contributed by atoms with Crippen molar-refractivity contribution in [2.45, 2.75) is 5.00 Å². The molecule has 0 aromatic rings. The summed E-state index contributed by atoms with van der Waals surface area (Å²) >= 11 is 6.28. The molecule has 0 N–H and O–H groups in total. The summed E-state index contributed by atoms with van der Waals surface area (Å²) in [6.45, 7) is 5.76. The van der Waals surface area contributed by atoms with Crippen molar-refractivity contribution in [1.29, 1.82) is 0 Å². The van der Waals surface area contributed by atoms with Crippen molar-refractivity contribution in [1.82, 2.24) is 9.80 Å². The predicted molar refractivity (Wildman–Crippen MR) is 70.1 cm³/mol. The van der Waals surface area contributed by atoms with E-state index in [0.29, 0.717) is 52.6 Å². The monoisotopic (exact) mass is 293 g/mol. The van der Waals surface area contributed by atoms with Crippen LogP contribution in [0.4, 0.5) is 0 Å². The molecular weight excluding hydrogens is 274 g/mol. The van der Waals surface area contributed by atoms with Gasteiger partial charge in [-0.3, -0.25) is 19.9 Å². The van der Waals surface area contributed by atoms with Gasteiger partial charge in [-0.05, 0) is 11.6 Å². The van der Waals surface area contributed by atoms with Gasteiger partial charge in [0, 0.05) is 31.1 Å². The largest absolute Gasteiger partial charge is 0.379 e. The number of halogens is 1. The second-order valence-electron chi connectivity index (χ2n) is 4.95. The molecule has 0 aromatic carbocycles. The highest BCUT2D eigenvalue weighted by Gasteiger charge is 2.44. The fourth-order valence-corrected chi connectivity index (χ4v) is 2.71. The lowest BCUT2D eigenvalue weighted by atomic mass is 10.2. The smallest absolute Gasteiger partial charge is 0.319 e. The van der Waals surface area contributed by atoms with Crippen molar-refractivity contribution in [2.24, 2.45) is 0 Å². The number of alkyl halides is 1. The third-order valence-electron chi connectivity index (χ3n) is 3.47. The number of hydrogen-bond acceptors (Lipinski definition) is 6. The molecule has 0 spiro atoms. The average Bonchev–Trinajstić information content (AvgIpc) is 2.40. The van der Waals surface area contributed by atoms with E-state index >= 15 is 0 Å². The highest BCUT2D eigenvalue weighted by Crippen LogP contribution is 2.21. The van der Waals surface area contributed by atoms with Crippen molar-refractivity contribution < 1.29 is 14.4 Å². The molecule has 0 bridgehead atoms. The SMILES string of the molecule is O=[N+]([O-])C(Cl)(CN1CCOCC1)CN1CCOCC1. The molecule has 2 aliphatic rings. The van der Waals surface area contributed by atoms with Gasteiger partial charge in [0.05, 0.1) is 39.5 Å². The standard InChI is InChI=1S/C11H20ClN3O4/c12-11(15(16)17,9-13-1-5-18-6-2-13)10-14-3-7-19-8-4-14/h1-10H2. The first-order valence-corrected chi connectivity index (χ1v) is 6.91. The second-order valence-corrected chi connectivity index (χ2v) is 5.66. The molecule has 7 nitrogen and oxygen atoms in total. The Hall–Kier alpha value is -0.470. The van der Waals surface area contributed by atoms with Crippen molar-refractivity contribution in [2.75, 3.05) is 65.7 Å². The fraction of sp³-hybridized carbons (Fsp3) is 1.00. The highest BCUT2D eigenvalue weighted by molar-refractivity contribution is 6.23. The van der Waals surface area contributed by atoms with E-state index in [2.05, 4.69) is 0 Å². The molecule has 0 radical (unpaired) electrons. The van der Waals surface area contributed by atoms with E-state index in [1.165, 1.54) is 0 Å². The van der Waals surface area contributed by atoms with Crippen LogP contribution in [0.1, 0.15) is 0 Å². The molecule has 2 fully saturated rings. The van der Waals surface area contributed by atoms with Crippen LogP contribution in [0.25, 0.3) is 0 Å². The van der Waals surface area contributed by atoms with Crippen LogP contribution in [-0.2, 0) is 9.47 Å². The van der Waals surface area contributed by atoms with E-state index < -0.39 is 5.00 Å². The van der Waals surface area contributed by atoms with Gasteiger partial charge in [-0.15, -0.1) is 0 Å². The second kappa shape index (κ2) is 6.81. The summed E-state index contributed by atoms with van der Waals surface area (Å²) in [5.74, 6) is 0. The summed E-state index contributed by atoms with van der Waals surface area (Å²) in [5, 5.41) is 11.3. The van der Waals surface area contributed by atoms with Crippen LogP contribution >= 0.6 is 11.6 Å². The predicted octanol–water partition coefficient (Wildman–Crippen LogP) is -0.137. The Kier molecular flexibility index (Phi) is 5.35. The van der Waals surface area contributed by atoms with Crippen molar-refractivity contribution in [3.63, 3.8) is 0 Å². The van der Waals surface area contributed by atoms with Gasteiger partial charge < -0.3 is 9.47 Å². The molecule has 0 amide bonds. The lowest BCUT2D eigenvalue weighted by Crippen LogP contribution is -2.55. The Balaban J connectivity index is 1.93. The molecule has 0 saturated carbocycles. The number of nitrogens with zero attached hydrogens (tertiary/aromatic N) is 3. The summed E-state index contributed by atoms with van der Waals surface area (Å²) in [6, 6.07) is 0. The summed E-state index contributed by atoms with van der Waals surface area (Å²) in [7, 11) is 0. The van der Waals surface area contributed by atoms with E-state index in [1.54, 1.807) is 0 Å². The molecule has 19 heavy (non-hydrogen) atoms. The fourth-order valence-electron chi connectivity index (χ4n) is 2.37. The summed E-state index contributed by atoms with van der Waals surface area (Å²) in [4.78, 5) is 13.5. The number of ether oxygens (including phenoxy) is 2.